The van der Waals surface area contributed by atoms with Crippen LogP contribution >= 0.6 is 0 Å². The molecule has 1 aromatic carbocycles. The molecule has 1 amide bonds. The van der Waals surface area contributed by atoms with Gasteiger partial charge in [0.15, 0.2) is 0 Å². The molecule has 104 valence electrons. The SMILES string of the molecule is NCC#Cc1cccc(CNC(=O)C2C3CCCC32)c1. The fourth-order valence-corrected chi connectivity index (χ4v) is 3.43. The number of hydrogen-bond acceptors (Lipinski definition) is 2. The van der Waals surface area contributed by atoms with Crippen molar-refractivity contribution in [2.24, 2.45) is 23.5 Å². The zero-order valence-corrected chi connectivity index (χ0v) is 11.6. The molecular formula is C17H20N2O. The van der Waals surface area contributed by atoms with Crippen LogP contribution < -0.4 is 11.1 Å². The van der Waals surface area contributed by atoms with Gasteiger partial charge < -0.3 is 11.1 Å². The van der Waals surface area contributed by atoms with E-state index in [0.717, 1.165) is 11.1 Å². The molecule has 2 unspecified atom stereocenters. The first kappa shape index (κ1) is 13.2. The van der Waals surface area contributed by atoms with E-state index in [0.29, 0.717) is 30.8 Å². The summed E-state index contributed by atoms with van der Waals surface area (Å²) in [5.41, 5.74) is 7.41. The summed E-state index contributed by atoms with van der Waals surface area (Å²) < 4.78 is 0. The van der Waals surface area contributed by atoms with Crippen LogP contribution in [0.5, 0.6) is 0 Å². The molecule has 3 rings (SSSR count). The molecule has 0 bridgehead atoms. The monoisotopic (exact) mass is 268 g/mol. The van der Waals surface area contributed by atoms with Gasteiger partial charge in [-0.3, -0.25) is 4.79 Å². The van der Waals surface area contributed by atoms with Crippen LogP contribution in [-0.4, -0.2) is 12.5 Å². The number of hydrogen-bond donors (Lipinski definition) is 2. The van der Waals surface area contributed by atoms with Gasteiger partial charge in [-0.1, -0.05) is 30.4 Å². The Morgan fingerprint density at radius 3 is 2.90 bits per heavy atom. The van der Waals surface area contributed by atoms with E-state index < -0.39 is 0 Å². The highest BCUT2D eigenvalue weighted by molar-refractivity contribution is 5.82. The van der Waals surface area contributed by atoms with Crippen molar-refractivity contribution < 1.29 is 4.79 Å². The third-order valence-corrected chi connectivity index (χ3v) is 4.44. The maximum Gasteiger partial charge on any atom is 0.223 e. The van der Waals surface area contributed by atoms with Gasteiger partial charge >= 0.3 is 0 Å². The summed E-state index contributed by atoms with van der Waals surface area (Å²) in [5.74, 6) is 7.74. The van der Waals surface area contributed by atoms with Gasteiger partial charge in [0, 0.05) is 18.0 Å². The lowest BCUT2D eigenvalue weighted by Gasteiger charge is -2.07. The first-order chi connectivity index (χ1) is 9.79. The van der Waals surface area contributed by atoms with E-state index in [-0.39, 0.29) is 5.91 Å². The molecule has 0 saturated heterocycles. The first-order valence-electron chi connectivity index (χ1n) is 7.35. The summed E-state index contributed by atoms with van der Waals surface area (Å²) in [6.45, 7) is 0.957. The quantitative estimate of drug-likeness (QED) is 0.819. The predicted molar refractivity (Wildman–Crippen MR) is 78.5 cm³/mol. The van der Waals surface area contributed by atoms with Gasteiger partial charge in [0.05, 0.1) is 6.54 Å². The Morgan fingerprint density at radius 2 is 2.15 bits per heavy atom. The minimum Gasteiger partial charge on any atom is -0.352 e. The van der Waals surface area contributed by atoms with Gasteiger partial charge in [-0.2, -0.15) is 0 Å². The highest BCUT2D eigenvalue weighted by Crippen LogP contribution is 2.57. The van der Waals surface area contributed by atoms with E-state index in [1.807, 2.05) is 24.3 Å². The molecule has 2 saturated carbocycles. The Kier molecular flexibility index (Phi) is 3.75. The summed E-state index contributed by atoms with van der Waals surface area (Å²) in [6.07, 6.45) is 3.79. The van der Waals surface area contributed by atoms with E-state index in [1.54, 1.807) is 0 Å². The van der Waals surface area contributed by atoms with Gasteiger partial charge in [0.25, 0.3) is 0 Å². The predicted octanol–water partition coefficient (Wildman–Crippen LogP) is 1.66. The first-order valence-corrected chi connectivity index (χ1v) is 7.35. The zero-order valence-electron chi connectivity index (χ0n) is 11.6. The van der Waals surface area contributed by atoms with Crippen molar-refractivity contribution in [2.75, 3.05) is 6.54 Å². The van der Waals surface area contributed by atoms with Crippen molar-refractivity contribution in [2.45, 2.75) is 25.8 Å². The molecule has 0 radical (unpaired) electrons. The summed E-state index contributed by atoms with van der Waals surface area (Å²) in [6, 6.07) is 7.95. The minimum atomic E-state index is 0.234. The average molecular weight is 268 g/mol. The van der Waals surface area contributed by atoms with Crippen LogP contribution in [0.2, 0.25) is 0 Å². The number of nitrogens with two attached hydrogens (primary N) is 1. The lowest BCUT2D eigenvalue weighted by molar-refractivity contribution is -0.123. The molecule has 0 aromatic heterocycles. The van der Waals surface area contributed by atoms with E-state index in [9.17, 15) is 4.79 Å². The fraction of sp³-hybridized carbons (Fsp3) is 0.471. The molecule has 3 nitrogen and oxygen atoms in total. The van der Waals surface area contributed by atoms with Crippen LogP contribution in [0.3, 0.4) is 0 Å². The number of nitrogens with one attached hydrogen (secondary N) is 1. The molecule has 20 heavy (non-hydrogen) atoms. The van der Waals surface area contributed by atoms with E-state index >= 15 is 0 Å². The molecule has 0 spiro atoms. The molecule has 2 fully saturated rings. The van der Waals surface area contributed by atoms with Crippen molar-refractivity contribution in [1.29, 1.82) is 0 Å². The Bertz CT molecular complexity index is 560. The zero-order chi connectivity index (χ0) is 13.9. The topological polar surface area (TPSA) is 55.1 Å². The normalized spacial score (nSPS) is 26.4. The van der Waals surface area contributed by atoms with Gasteiger partial charge in [0.1, 0.15) is 0 Å². The Morgan fingerprint density at radius 1 is 1.35 bits per heavy atom. The molecular weight excluding hydrogens is 248 g/mol. The molecule has 2 aliphatic carbocycles. The third kappa shape index (κ3) is 2.71. The number of amides is 1. The van der Waals surface area contributed by atoms with Crippen LogP contribution in [0.15, 0.2) is 24.3 Å². The molecule has 2 aliphatic rings. The standard InChI is InChI=1S/C17H20N2O/c18-9-3-6-12-4-1-5-13(10-12)11-19-17(20)16-14-7-2-8-15(14)16/h1,4-5,10,14-16H,2,7-9,11,18H2,(H,19,20). The van der Waals surface area contributed by atoms with Crippen LogP contribution in [0.25, 0.3) is 0 Å². The van der Waals surface area contributed by atoms with Crippen molar-refractivity contribution in [3.8, 4) is 11.8 Å². The van der Waals surface area contributed by atoms with E-state index in [1.165, 1.54) is 19.3 Å². The van der Waals surface area contributed by atoms with Gasteiger partial charge in [-0.05, 0) is 42.4 Å². The Balaban J connectivity index is 1.54. The van der Waals surface area contributed by atoms with Crippen molar-refractivity contribution in [3.63, 3.8) is 0 Å². The molecule has 0 heterocycles. The maximum absolute atomic E-state index is 12.1. The van der Waals surface area contributed by atoms with Crippen LogP contribution in [-0.2, 0) is 11.3 Å². The summed E-state index contributed by atoms with van der Waals surface area (Å²) in [7, 11) is 0. The number of fused-ring (bicyclic) bond motifs is 1. The highest BCUT2D eigenvalue weighted by Gasteiger charge is 2.56. The molecule has 3 heteroatoms. The van der Waals surface area contributed by atoms with Gasteiger partial charge in [0.2, 0.25) is 5.91 Å². The van der Waals surface area contributed by atoms with Gasteiger partial charge in [-0.25, -0.2) is 0 Å². The lowest BCUT2D eigenvalue weighted by atomic mass is 10.1. The average Bonchev–Trinajstić information content (AvgIpc) is 2.96. The van der Waals surface area contributed by atoms with Crippen LogP contribution in [0.4, 0.5) is 0 Å². The molecule has 0 aliphatic heterocycles. The smallest absolute Gasteiger partial charge is 0.223 e. The Hall–Kier alpha value is -1.79. The number of benzene rings is 1. The van der Waals surface area contributed by atoms with Crippen LogP contribution in [0, 0.1) is 29.6 Å². The molecule has 3 N–H and O–H groups in total. The van der Waals surface area contributed by atoms with Crippen molar-refractivity contribution in [1.82, 2.24) is 5.32 Å². The lowest BCUT2D eigenvalue weighted by Crippen LogP contribution is -2.26. The van der Waals surface area contributed by atoms with Crippen molar-refractivity contribution in [3.05, 3.63) is 35.4 Å². The summed E-state index contributed by atoms with van der Waals surface area (Å²) >= 11 is 0. The fourth-order valence-electron chi connectivity index (χ4n) is 3.43. The molecule has 2 atom stereocenters. The molecule has 1 aromatic rings. The number of rotatable bonds is 3. The number of carbonyl (C=O) groups is 1. The minimum absolute atomic E-state index is 0.234. The highest BCUT2D eigenvalue weighted by atomic mass is 16.2. The second-order valence-corrected chi connectivity index (χ2v) is 5.71. The Labute approximate surface area is 119 Å². The summed E-state index contributed by atoms with van der Waals surface area (Å²) in [4.78, 5) is 12.1. The third-order valence-electron chi connectivity index (χ3n) is 4.44. The number of carbonyl (C=O) groups excluding carboxylic acids is 1. The van der Waals surface area contributed by atoms with E-state index in [2.05, 4.69) is 17.2 Å². The summed E-state index contributed by atoms with van der Waals surface area (Å²) in [5, 5.41) is 3.06. The maximum atomic E-state index is 12.1. The van der Waals surface area contributed by atoms with E-state index in [4.69, 9.17) is 5.73 Å². The second kappa shape index (κ2) is 5.68. The van der Waals surface area contributed by atoms with Gasteiger partial charge in [-0.15, -0.1) is 0 Å². The van der Waals surface area contributed by atoms with Crippen molar-refractivity contribution >= 4 is 5.91 Å². The van der Waals surface area contributed by atoms with Crippen LogP contribution in [0.1, 0.15) is 30.4 Å². The largest absolute Gasteiger partial charge is 0.352 e. The second-order valence-electron chi connectivity index (χ2n) is 5.71.